The molecule has 3 aromatic heterocycles. The molecule has 9 nitrogen and oxygen atoms in total. The predicted molar refractivity (Wildman–Crippen MR) is 114 cm³/mol. The minimum atomic E-state index is -4.37. The Balaban J connectivity index is 1.30. The molecule has 3 aromatic rings. The Hall–Kier alpha value is -3.70. The van der Waals surface area contributed by atoms with E-state index in [4.69, 9.17) is 4.74 Å². The normalized spacial score (nSPS) is 14.0. The van der Waals surface area contributed by atoms with Gasteiger partial charge in [0.15, 0.2) is 5.65 Å². The van der Waals surface area contributed by atoms with Gasteiger partial charge in [0.25, 0.3) is 5.91 Å². The lowest BCUT2D eigenvalue weighted by Crippen LogP contribution is -2.26. The molecule has 0 aromatic carbocycles. The minimum absolute atomic E-state index is 0.0342. The van der Waals surface area contributed by atoms with Gasteiger partial charge in [0, 0.05) is 30.8 Å². The van der Waals surface area contributed by atoms with E-state index in [1.54, 1.807) is 24.4 Å². The quantitative estimate of drug-likeness (QED) is 0.491. The van der Waals surface area contributed by atoms with Crippen LogP contribution in [0.5, 0.6) is 5.88 Å². The van der Waals surface area contributed by atoms with Crippen LogP contribution in [0.2, 0.25) is 0 Å². The van der Waals surface area contributed by atoms with Crippen molar-refractivity contribution in [2.75, 3.05) is 0 Å². The van der Waals surface area contributed by atoms with Gasteiger partial charge in [-0.2, -0.15) is 18.3 Å². The van der Waals surface area contributed by atoms with Gasteiger partial charge in [0.05, 0.1) is 31.1 Å². The van der Waals surface area contributed by atoms with Crippen LogP contribution in [0.15, 0.2) is 36.8 Å². The fourth-order valence-corrected chi connectivity index (χ4v) is 3.24. The van der Waals surface area contributed by atoms with E-state index >= 15 is 0 Å². The number of hydrogen-bond donors (Lipinski definition) is 2. The monoisotopic (exact) mass is 476 g/mol. The molecule has 0 atom stereocenters. The Bertz CT molecular complexity index is 1180. The third kappa shape index (κ3) is 6.42. The molecule has 1 aliphatic carbocycles. The fourth-order valence-electron chi connectivity index (χ4n) is 3.24. The first kappa shape index (κ1) is 23.5. The van der Waals surface area contributed by atoms with E-state index in [2.05, 4.69) is 25.7 Å². The average Bonchev–Trinajstić information content (AvgIpc) is 3.19. The molecule has 34 heavy (non-hydrogen) atoms. The van der Waals surface area contributed by atoms with Gasteiger partial charge in [-0.3, -0.25) is 9.59 Å². The number of rotatable bonds is 9. The number of aromatic nitrogens is 4. The van der Waals surface area contributed by atoms with Crippen LogP contribution >= 0.6 is 0 Å². The minimum Gasteiger partial charge on any atom is -0.474 e. The van der Waals surface area contributed by atoms with E-state index in [1.165, 1.54) is 16.9 Å². The van der Waals surface area contributed by atoms with Crippen LogP contribution in [0.1, 0.15) is 53.7 Å². The number of hydrogen-bond acceptors (Lipinski definition) is 6. The van der Waals surface area contributed by atoms with E-state index in [1.807, 2.05) is 0 Å². The maximum absolute atomic E-state index is 12.5. The van der Waals surface area contributed by atoms with Crippen molar-refractivity contribution in [3.05, 3.63) is 53.6 Å². The molecule has 0 saturated heterocycles. The molecule has 2 N–H and O–H groups in total. The summed E-state index contributed by atoms with van der Waals surface area (Å²) in [5, 5.41) is 9.42. The third-order valence-corrected chi connectivity index (χ3v) is 5.32. The van der Waals surface area contributed by atoms with Crippen LogP contribution < -0.4 is 15.4 Å². The maximum atomic E-state index is 12.5. The molecule has 4 rings (SSSR count). The molecule has 1 fully saturated rings. The van der Waals surface area contributed by atoms with Crippen LogP contribution in [0.25, 0.3) is 5.65 Å². The maximum Gasteiger partial charge on any atom is 0.389 e. The van der Waals surface area contributed by atoms with Gasteiger partial charge in [-0.25, -0.2) is 14.5 Å². The summed E-state index contributed by atoms with van der Waals surface area (Å²) in [5.41, 5.74) is 2.05. The molecule has 12 heteroatoms. The fraction of sp³-hybridized carbons (Fsp3) is 0.409. The van der Waals surface area contributed by atoms with Gasteiger partial charge in [-0.1, -0.05) is 0 Å². The number of carbonyl (C=O) groups excluding carboxylic acids is 2. The van der Waals surface area contributed by atoms with Crippen LogP contribution in [0.4, 0.5) is 13.2 Å². The molecule has 1 saturated carbocycles. The molecular formula is C22H23F3N6O3. The van der Waals surface area contributed by atoms with Gasteiger partial charge in [0.2, 0.25) is 11.8 Å². The largest absolute Gasteiger partial charge is 0.474 e. The van der Waals surface area contributed by atoms with Crippen LogP contribution in [-0.4, -0.2) is 43.7 Å². The van der Waals surface area contributed by atoms with Gasteiger partial charge in [-0.05, 0) is 37.0 Å². The first-order valence-electron chi connectivity index (χ1n) is 10.8. The molecular weight excluding hydrogens is 453 g/mol. The van der Waals surface area contributed by atoms with Crippen molar-refractivity contribution in [1.29, 1.82) is 0 Å². The van der Waals surface area contributed by atoms with E-state index in [9.17, 15) is 22.8 Å². The molecule has 0 unspecified atom stereocenters. The summed E-state index contributed by atoms with van der Waals surface area (Å²) in [6, 6.07) is 4.87. The number of nitrogens with one attached hydrogen (secondary N) is 2. The number of amides is 2. The third-order valence-electron chi connectivity index (χ3n) is 5.32. The summed E-state index contributed by atoms with van der Waals surface area (Å²) in [7, 11) is 0. The Morgan fingerprint density at radius 1 is 1.18 bits per heavy atom. The Morgan fingerprint density at radius 2 is 2.00 bits per heavy atom. The van der Waals surface area contributed by atoms with E-state index in [0.717, 1.165) is 19.3 Å². The number of alkyl halides is 3. The van der Waals surface area contributed by atoms with Crippen molar-refractivity contribution in [1.82, 2.24) is 30.2 Å². The van der Waals surface area contributed by atoms with E-state index in [-0.39, 0.29) is 25.1 Å². The lowest BCUT2D eigenvalue weighted by atomic mass is 9.96. The van der Waals surface area contributed by atoms with Crippen LogP contribution in [-0.2, 0) is 17.9 Å². The number of nitrogens with zero attached hydrogens (tertiary/aromatic N) is 4. The number of fused-ring (bicyclic) bond motifs is 1. The Labute approximate surface area is 192 Å². The van der Waals surface area contributed by atoms with Gasteiger partial charge >= 0.3 is 6.18 Å². The summed E-state index contributed by atoms with van der Waals surface area (Å²) in [6.45, 7) is 0.194. The first-order valence-corrected chi connectivity index (χ1v) is 10.8. The molecule has 1 aliphatic rings. The van der Waals surface area contributed by atoms with E-state index in [0.29, 0.717) is 28.3 Å². The molecule has 2 amide bonds. The number of pyridine rings is 1. The highest BCUT2D eigenvalue weighted by molar-refractivity contribution is 5.94. The van der Waals surface area contributed by atoms with Crippen molar-refractivity contribution in [3.8, 4) is 5.88 Å². The molecule has 0 bridgehead atoms. The molecule has 180 valence electrons. The highest BCUT2D eigenvalue weighted by atomic mass is 19.4. The molecule has 0 spiro atoms. The second-order valence-corrected chi connectivity index (χ2v) is 8.03. The first-order chi connectivity index (χ1) is 16.2. The summed E-state index contributed by atoms with van der Waals surface area (Å²) in [6.07, 6.45) is 1.78. The Kier molecular flexibility index (Phi) is 6.94. The zero-order valence-corrected chi connectivity index (χ0v) is 18.1. The second-order valence-electron chi connectivity index (χ2n) is 8.03. The smallest absolute Gasteiger partial charge is 0.389 e. The van der Waals surface area contributed by atoms with Crippen molar-refractivity contribution in [3.63, 3.8) is 0 Å². The van der Waals surface area contributed by atoms with Gasteiger partial charge in [0.1, 0.15) is 6.10 Å². The zero-order valence-electron chi connectivity index (χ0n) is 18.1. The lowest BCUT2D eigenvalue weighted by Gasteiger charge is -2.25. The number of carbonyl (C=O) groups is 2. The van der Waals surface area contributed by atoms with Crippen LogP contribution in [0, 0.1) is 0 Å². The summed E-state index contributed by atoms with van der Waals surface area (Å²) < 4.78 is 43.9. The van der Waals surface area contributed by atoms with Crippen LogP contribution in [0.3, 0.4) is 0 Å². The lowest BCUT2D eigenvalue weighted by molar-refractivity contribution is -0.144. The number of ether oxygens (including phenoxy) is 1. The zero-order chi connectivity index (χ0) is 24.1. The van der Waals surface area contributed by atoms with E-state index < -0.39 is 24.9 Å². The second kappa shape index (κ2) is 10.1. The summed E-state index contributed by atoms with van der Waals surface area (Å²) in [5.74, 6) is -0.568. The van der Waals surface area contributed by atoms with Crippen molar-refractivity contribution in [2.24, 2.45) is 0 Å². The van der Waals surface area contributed by atoms with Gasteiger partial charge in [-0.15, -0.1) is 0 Å². The number of imidazole rings is 1. The van der Waals surface area contributed by atoms with Gasteiger partial charge < -0.3 is 15.4 Å². The SMILES string of the molecule is O=C(CCC(F)(F)F)NCc1cnn2cc(CNC(=O)c3ccnc(OC4CCC4)c3)nc2c1. The molecule has 0 radical (unpaired) electrons. The standard InChI is InChI=1S/C22H23F3N6O3/c23-22(24,25)6-4-19(32)27-10-14-8-18-30-16(13-31(18)29-11-14)12-28-21(33)15-5-7-26-20(9-15)34-17-2-1-3-17/h5,7-9,11,13,17H,1-4,6,10,12H2,(H,27,32)(H,28,33). The van der Waals surface area contributed by atoms with Crippen molar-refractivity contribution in [2.45, 2.75) is 57.5 Å². The average molecular weight is 476 g/mol. The summed E-state index contributed by atoms with van der Waals surface area (Å²) >= 11 is 0. The van der Waals surface area contributed by atoms with Crippen molar-refractivity contribution >= 4 is 17.5 Å². The summed E-state index contributed by atoms with van der Waals surface area (Å²) in [4.78, 5) is 32.6. The number of halogens is 3. The highest BCUT2D eigenvalue weighted by Crippen LogP contribution is 2.24. The highest BCUT2D eigenvalue weighted by Gasteiger charge is 2.27. The Morgan fingerprint density at radius 3 is 2.74 bits per heavy atom. The molecule has 3 heterocycles. The molecule has 0 aliphatic heterocycles. The van der Waals surface area contributed by atoms with Crippen molar-refractivity contribution < 1.29 is 27.5 Å². The predicted octanol–water partition coefficient (Wildman–Crippen LogP) is 2.94. The topological polar surface area (TPSA) is 111 Å².